The van der Waals surface area contributed by atoms with Gasteiger partial charge < -0.3 is 19.9 Å². The molecule has 1 heterocycles. The molecule has 0 radical (unpaired) electrons. The van der Waals surface area contributed by atoms with Gasteiger partial charge in [-0.15, -0.1) is 0 Å². The molecule has 4 nitrogen and oxygen atoms in total. The third kappa shape index (κ3) is 4.28. The molecule has 0 fully saturated rings. The maximum absolute atomic E-state index is 12.0. The largest absolute Gasteiger partial charge is 0.486 e. The molecule has 1 aromatic carbocycles. The Balaban J connectivity index is 1.84. The second-order valence-electron chi connectivity index (χ2n) is 4.49. The second kappa shape index (κ2) is 6.32. The number of alkyl halides is 3. The first-order valence-corrected chi connectivity index (χ1v) is 6.31. The highest BCUT2D eigenvalue weighted by atomic mass is 19.4. The molecule has 0 saturated heterocycles. The van der Waals surface area contributed by atoms with Crippen molar-refractivity contribution in [1.29, 1.82) is 0 Å². The Bertz CT molecular complexity index is 451. The minimum Gasteiger partial charge on any atom is -0.486 e. The number of benzene rings is 1. The summed E-state index contributed by atoms with van der Waals surface area (Å²) in [5.41, 5.74) is 0.578. The van der Waals surface area contributed by atoms with Crippen LogP contribution in [-0.4, -0.2) is 37.6 Å². The van der Waals surface area contributed by atoms with Gasteiger partial charge in [-0.25, -0.2) is 0 Å². The van der Waals surface area contributed by atoms with Gasteiger partial charge in [-0.05, 0) is 17.7 Å². The van der Waals surface area contributed by atoms with E-state index in [0.717, 1.165) is 0 Å². The van der Waals surface area contributed by atoms with Crippen molar-refractivity contribution in [3.63, 3.8) is 0 Å². The van der Waals surface area contributed by atoms with Crippen LogP contribution >= 0.6 is 0 Å². The average molecular weight is 291 g/mol. The number of ether oxygens (including phenoxy) is 2. The van der Waals surface area contributed by atoms with E-state index in [1.807, 2.05) is 0 Å². The van der Waals surface area contributed by atoms with Gasteiger partial charge >= 0.3 is 6.18 Å². The number of hydrogen-bond donors (Lipinski definition) is 2. The molecule has 112 valence electrons. The average Bonchev–Trinajstić information content (AvgIpc) is 2.42. The zero-order valence-electron chi connectivity index (χ0n) is 10.7. The lowest BCUT2D eigenvalue weighted by Gasteiger charge is -2.20. The van der Waals surface area contributed by atoms with E-state index >= 15 is 0 Å². The summed E-state index contributed by atoms with van der Waals surface area (Å²) in [5.74, 6) is 1.15. The molecule has 1 aliphatic rings. The molecule has 1 atom stereocenters. The third-order valence-electron chi connectivity index (χ3n) is 2.87. The Morgan fingerprint density at radius 1 is 1.20 bits per heavy atom. The minimum atomic E-state index is -4.19. The summed E-state index contributed by atoms with van der Waals surface area (Å²) in [6.07, 6.45) is -5.99. The number of aliphatic hydroxyl groups is 1. The van der Waals surface area contributed by atoms with Crippen molar-refractivity contribution >= 4 is 0 Å². The highest BCUT2D eigenvalue weighted by Crippen LogP contribution is 2.32. The van der Waals surface area contributed by atoms with Crippen LogP contribution < -0.4 is 14.8 Å². The fourth-order valence-electron chi connectivity index (χ4n) is 1.85. The van der Waals surface area contributed by atoms with Gasteiger partial charge in [0, 0.05) is 13.1 Å². The maximum Gasteiger partial charge on any atom is 0.390 e. The number of aliphatic hydroxyl groups excluding tert-OH is 1. The normalized spacial score (nSPS) is 16.0. The molecule has 1 unspecified atom stereocenters. The molecule has 20 heavy (non-hydrogen) atoms. The Morgan fingerprint density at radius 3 is 2.60 bits per heavy atom. The van der Waals surface area contributed by atoms with E-state index in [4.69, 9.17) is 9.47 Å². The number of halogens is 3. The predicted molar refractivity (Wildman–Crippen MR) is 65.9 cm³/mol. The van der Waals surface area contributed by atoms with E-state index in [1.54, 1.807) is 18.2 Å². The fourth-order valence-corrected chi connectivity index (χ4v) is 1.85. The quantitative estimate of drug-likeness (QED) is 0.815. The first-order chi connectivity index (χ1) is 9.46. The Morgan fingerprint density at radius 2 is 1.90 bits per heavy atom. The van der Waals surface area contributed by atoms with E-state index in [-0.39, 0.29) is 13.1 Å². The lowest BCUT2D eigenvalue weighted by atomic mass is 10.1. The molecular weight excluding hydrogens is 275 g/mol. The Kier molecular flexibility index (Phi) is 4.72. The van der Waals surface area contributed by atoms with Crippen molar-refractivity contribution in [3.8, 4) is 11.5 Å². The summed E-state index contributed by atoms with van der Waals surface area (Å²) in [7, 11) is 0. The van der Waals surface area contributed by atoms with Crippen LogP contribution in [0.5, 0.6) is 11.5 Å². The topological polar surface area (TPSA) is 50.7 Å². The van der Waals surface area contributed by atoms with Crippen molar-refractivity contribution in [2.24, 2.45) is 0 Å². The van der Waals surface area contributed by atoms with Crippen LogP contribution in [0.25, 0.3) is 0 Å². The molecule has 0 aliphatic carbocycles. The summed E-state index contributed by atoms with van der Waals surface area (Å²) >= 11 is 0. The van der Waals surface area contributed by atoms with Crippen LogP contribution in [-0.2, 0) is 0 Å². The van der Waals surface area contributed by atoms with Gasteiger partial charge in [0.2, 0.25) is 0 Å². The Hall–Kier alpha value is -1.47. The van der Waals surface area contributed by atoms with Crippen molar-refractivity contribution in [1.82, 2.24) is 5.32 Å². The van der Waals surface area contributed by atoms with Crippen LogP contribution in [0.1, 0.15) is 18.1 Å². The van der Waals surface area contributed by atoms with E-state index < -0.39 is 18.7 Å². The molecular formula is C13H16F3NO3. The number of hydrogen-bond acceptors (Lipinski definition) is 4. The molecule has 0 saturated carbocycles. The summed E-state index contributed by atoms with van der Waals surface area (Å²) in [6.45, 7) is 0.755. The van der Waals surface area contributed by atoms with E-state index in [9.17, 15) is 18.3 Å². The van der Waals surface area contributed by atoms with Gasteiger partial charge in [-0.3, -0.25) is 0 Å². The summed E-state index contributed by atoms with van der Waals surface area (Å²) < 4.78 is 46.6. The first-order valence-electron chi connectivity index (χ1n) is 6.31. The smallest absolute Gasteiger partial charge is 0.390 e. The number of fused-ring (bicyclic) bond motifs is 1. The van der Waals surface area contributed by atoms with Crippen LogP contribution in [0, 0.1) is 0 Å². The summed E-state index contributed by atoms with van der Waals surface area (Å²) in [4.78, 5) is 0. The molecule has 0 aromatic heterocycles. The lowest BCUT2D eigenvalue weighted by molar-refractivity contribution is -0.133. The Labute approximate surface area is 114 Å². The zero-order valence-corrected chi connectivity index (χ0v) is 10.7. The highest BCUT2D eigenvalue weighted by Gasteiger charge is 2.26. The summed E-state index contributed by atoms with van der Waals surface area (Å²) in [5, 5.41) is 12.5. The lowest BCUT2D eigenvalue weighted by Crippen LogP contribution is -2.26. The van der Waals surface area contributed by atoms with E-state index in [1.165, 1.54) is 0 Å². The number of nitrogens with one attached hydrogen (secondary N) is 1. The van der Waals surface area contributed by atoms with E-state index in [2.05, 4.69) is 5.32 Å². The van der Waals surface area contributed by atoms with Crippen LogP contribution in [0.15, 0.2) is 18.2 Å². The molecule has 7 heteroatoms. The molecule has 1 aliphatic heterocycles. The summed E-state index contributed by atoms with van der Waals surface area (Å²) in [6, 6.07) is 5.00. The zero-order chi connectivity index (χ0) is 14.6. The van der Waals surface area contributed by atoms with Crippen molar-refractivity contribution in [2.75, 3.05) is 26.3 Å². The standard InChI is InChI=1S/C13H16F3NO3/c14-13(15,16)3-4-17-8-10(18)9-1-2-11-12(7-9)20-6-5-19-11/h1-2,7,10,17-18H,3-6,8H2. The van der Waals surface area contributed by atoms with Crippen LogP contribution in [0.4, 0.5) is 13.2 Å². The van der Waals surface area contributed by atoms with Crippen molar-refractivity contribution in [2.45, 2.75) is 18.7 Å². The highest BCUT2D eigenvalue weighted by molar-refractivity contribution is 5.44. The fraction of sp³-hybridized carbons (Fsp3) is 0.538. The van der Waals surface area contributed by atoms with Crippen molar-refractivity contribution in [3.05, 3.63) is 23.8 Å². The monoisotopic (exact) mass is 291 g/mol. The van der Waals surface area contributed by atoms with Gasteiger partial charge in [-0.2, -0.15) is 13.2 Å². The van der Waals surface area contributed by atoms with Gasteiger partial charge in [0.25, 0.3) is 0 Å². The number of rotatable bonds is 5. The van der Waals surface area contributed by atoms with Gasteiger partial charge in [0.05, 0.1) is 12.5 Å². The predicted octanol–water partition coefficient (Wildman–Crippen LogP) is 2.03. The molecule has 0 spiro atoms. The minimum absolute atomic E-state index is 0.0513. The maximum atomic E-state index is 12.0. The SMILES string of the molecule is OC(CNCCC(F)(F)F)c1ccc2c(c1)OCCO2. The molecule has 0 bridgehead atoms. The van der Waals surface area contributed by atoms with Crippen LogP contribution in [0.3, 0.4) is 0 Å². The molecule has 1 aromatic rings. The van der Waals surface area contributed by atoms with Crippen molar-refractivity contribution < 1.29 is 27.8 Å². The molecule has 0 amide bonds. The van der Waals surface area contributed by atoms with Gasteiger partial charge in [0.1, 0.15) is 13.2 Å². The molecule has 2 rings (SSSR count). The first kappa shape index (κ1) is 14.9. The van der Waals surface area contributed by atoms with Crippen LogP contribution in [0.2, 0.25) is 0 Å². The van der Waals surface area contributed by atoms with Gasteiger partial charge in [0.15, 0.2) is 11.5 Å². The second-order valence-corrected chi connectivity index (χ2v) is 4.49. The molecule has 2 N–H and O–H groups in total. The third-order valence-corrected chi connectivity index (χ3v) is 2.87. The van der Waals surface area contributed by atoms with Gasteiger partial charge in [-0.1, -0.05) is 6.07 Å². The van der Waals surface area contributed by atoms with E-state index in [0.29, 0.717) is 30.3 Å².